The van der Waals surface area contributed by atoms with Crippen LogP contribution < -0.4 is 0 Å². The molecule has 0 amide bonds. The van der Waals surface area contributed by atoms with Gasteiger partial charge in [0.2, 0.25) is 0 Å². The third-order valence-electron chi connectivity index (χ3n) is 1.89. The van der Waals surface area contributed by atoms with Crippen LogP contribution in [-0.4, -0.2) is 12.1 Å². The highest BCUT2D eigenvalue weighted by molar-refractivity contribution is 6.00. The van der Waals surface area contributed by atoms with E-state index >= 15 is 0 Å². The molecule has 9 heavy (non-hydrogen) atoms. The van der Waals surface area contributed by atoms with Gasteiger partial charge in [-0.3, -0.25) is 4.79 Å². The second-order valence-corrected chi connectivity index (χ2v) is 2.55. The van der Waals surface area contributed by atoms with Gasteiger partial charge in [-0.25, -0.2) is 0 Å². The van der Waals surface area contributed by atoms with Crippen LogP contribution in [0.2, 0.25) is 0 Å². The highest BCUT2D eigenvalue weighted by atomic mass is 16.1. The van der Waals surface area contributed by atoms with Crippen molar-refractivity contribution < 1.29 is 9.59 Å². The SMILES string of the molecule is CCC(=O)C1(C=O)CC1. The molecule has 0 aromatic rings. The Morgan fingerprint density at radius 2 is 2.22 bits per heavy atom. The number of aldehydes is 1. The fraction of sp³-hybridized carbons (Fsp3) is 0.714. The highest BCUT2D eigenvalue weighted by Gasteiger charge is 2.48. The smallest absolute Gasteiger partial charge is 0.145 e. The summed E-state index contributed by atoms with van der Waals surface area (Å²) >= 11 is 0. The van der Waals surface area contributed by atoms with E-state index in [1.165, 1.54) is 0 Å². The lowest BCUT2D eigenvalue weighted by Crippen LogP contribution is -2.15. The second-order valence-electron chi connectivity index (χ2n) is 2.55. The van der Waals surface area contributed by atoms with Crippen molar-refractivity contribution in [1.29, 1.82) is 0 Å². The number of hydrogen-bond acceptors (Lipinski definition) is 2. The maximum absolute atomic E-state index is 10.9. The van der Waals surface area contributed by atoms with Crippen molar-refractivity contribution in [3.05, 3.63) is 0 Å². The first-order valence-corrected chi connectivity index (χ1v) is 3.25. The van der Waals surface area contributed by atoms with Gasteiger partial charge < -0.3 is 4.79 Å². The van der Waals surface area contributed by atoms with E-state index in [-0.39, 0.29) is 5.78 Å². The summed E-state index contributed by atoms with van der Waals surface area (Å²) in [5.74, 6) is 0.109. The van der Waals surface area contributed by atoms with Gasteiger partial charge in [0.1, 0.15) is 12.1 Å². The first-order chi connectivity index (χ1) is 4.25. The van der Waals surface area contributed by atoms with Crippen LogP contribution in [0.15, 0.2) is 0 Å². The summed E-state index contributed by atoms with van der Waals surface area (Å²) in [6, 6.07) is 0. The van der Waals surface area contributed by atoms with Crippen molar-refractivity contribution in [2.75, 3.05) is 0 Å². The first kappa shape index (κ1) is 6.46. The zero-order valence-corrected chi connectivity index (χ0v) is 5.52. The summed E-state index contributed by atoms with van der Waals surface area (Å²) in [5, 5.41) is 0. The Hall–Kier alpha value is -0.660. The van der Waals surface area contributed by atoms with Crippen LogP contribution in [0, 0.1) is 5.41 Å². The number of carbonyl (C=O) groups excluding carboxylic acids is 2. The molecule has 0 N–H and O–H groups in total. The second kappa shape index (κ2) is 1.94. The molecule has 0 saturated heterocycles. The van der Waals surface area contributed by atoms with Crippen LogP contribution in [0.25, 0.3) is 0 Å². The first-order valence-electron chi connectivity index (χ1n) is 3.25. The lowest BCUT2D eigenvalue weighted by molar-refractivity contribution is -0.128. The van der Waals surface area contributed by atoms with Crippen LogP contribution in [-0.2, 0) is 9.59 Å². The van der Waals surface area contributed by atoms with E-state index in [0.717, 1.165) is 19.1 Å². The number of rotatable bonds is 3. The predicted molar refractivity (Wildman–Crippen MR) is 33.0 cm³/mol. The molecule has 1 rings (SSSR count). The van der Waals surface area contributed by atoms with Gasteiger partial charge in [-0.05, 0) is 12.8 Å². The molecule has 1 saturated carbocycles. The van der Waals surface area contributed by atoms with Crippen molar-refractivity contribution >= 4 is 12.1 Å². The van der Waals surface area contributed by atoms with E-state index in [0.29, 0.717) is 6.42 Å². The molecule has 0 atom stereocenters. The van der Waals surface area contributed by atoms with E-state index < -0.39 is 5.41 Å². The lowest BCUT2D eigenvalue weighted by atomic mass is 10.0. The quantitative estimate of drug-likeness (QED) is 0.416. The van der Waals surface area contributed by atoms with E-state index in [1.807, 2.05) is 0 Å². The molecule has 0 heterocycles. The van der Waals surface area contributed by atoms with Gasteiger partial charge in [-0.1, -0.05) is 6.92 Å². The zero-order valence-electron chi connectivity index (χ0n) is 5.52. The van der Waals surface area contributed by atoms with E-state index in [9.17, 15) is 9.59 Å². The molecule has 0 spiro atoms. The van der Waals surface area contributed by atoms with Crippen molar-refractivity contribution in [1.82, 2.24) is 0 Å². The largest absolute Gasteiger partial charge is 0.302 e. The highest BCUT2D eigenvalue weighted by Crippen LogP contribution is 2.44. The summed E-state index contributed by atoms with van der Waals surface area (Å²) in [6.07, 6.45) is 2.86. The van der Waals surface area contributed by atoms with Gasteiger partial charge in [-0.15, -0.1) is 0 Å². The van der Waals surface area contributed by atoms with Crippen LogP contribution in [0.5, 0.6) is 0 Å². The fourth-order valence-electron chi connectivity index (χ4n) is 0.949. The molecule has 50 valence electrons. The Morgan fingerprint density at radius 1 is 1.67 bits per heavy atom. The molecule has 0 aromatic heterocycles. The topological polar surface area (TPSA) is 34.1 Å². The van der Waals surface area contributed by atoms with Gasteiger partial charge in [0.15, 0.2) is 0 Å². The third-order valence-corrected chi connectivity index (χ3v) is 1.89. The zero-order chi connectivity index (χ0) is 6.91. The Labute approximate surface area is 54.2 Å². The van der Waals surface area contributed by atoms with Gasteiger partial charge in [0.05, 0.1) is 5.41 Å². The minimum absolute atomic E-state index is 0.109. The van der Waals surface area contributed by atoms with Gasteiger partial charge in [-0.2, -0.15) is 0 Å². The molecule has 0 radical (unpaired) electrons. The van der Waals surface area contributed by atoms with Gasteiger partial charge in [0, 0.05) is 6.42 Å². The van der Waals surface area contributed by atoms with Crippen LogP contribution in [0.3, 0.4) is 0 Å². The summed E-state index contributed by atoms with van der Waals surface area (Å²) in [6.45, 7) is 1.80. The Morgan fingerprint density at radius 3 is 2.33 bits per heavy atom. The number of ketones is 1. The molecular formula is C7H10O2. The van der Waals surface area contributed by atoms with Crippen molar-refractivity contribution in [3.8, 4) is 0 Å². The molecule has 0 bridgehead atoms. The third kappa shape index (κ3) is 0.889. The number of hydrogen-bond donors (Lipinski definition) is 0. The molecule has 0 aromatic carbocycles. The van der Waals surface area contributed by atoms with E-state index in [1.54, 1.807) is 6.92 Å². The monoisotopic (exact) mass is 126 g/mol. The van der Waals surface area contributed by atoms with Crippen LogP contribution in [0.1, 0.15) is 26.2 Å². The number of Topliss-reactive ketones (excluding diaryl/α,β-unsaturated/α-hetero) is 1. The van der Waals surface area contributed by atoms with Gasteiger partial charge >= 0.3 is 0 Å². The molecule has 0 unspecified atom stereocenters. The molecule has 2 heteroatoms. The molecule has 1 fully saturated rings. The summed E-state index contributed by atoms with van der Waals surface area (Å²) in [4.78, 5) is 21.2. The summed E-state index contributed by atoms with van der Waals surface area (Å²) in [5.41, 5.74) is -0.519. The predicted octanol–water partition coefficient (Wildman–Crippen LogP) is 0.945. The minimum atomic E-state index is -0.519. The maximum Gasteiger partial charge on any atom is 0.145 e. The lowest BCUT2D eigenvalue weighted by Gasteiger charge is -1.99. The Kier molecular flexibility index (Phi) is 1.39. The van der Waals surface area contributed by atoms with Crippen molar-refractivity contribution in [2.45, 2.75) is 26.2 Å². The maximum atomic E-state index is 10.9. The molecular weight excluding hydrogens is 116 g/mol. The Bertz CT molecular complexity index is 145. The molecule has 2 nitrogen and oxygen atoms in total. The molecule has 1 aliphatic rings. The average Bonchev–Trinajstić information content (AvgIpc) is 2.66. The van der Waals surface area contributed by atoms with Gasteiger partial charge in [0.25, 0.3) is 0 Å². The fourth-order valence-corrected chi connectivity index (χ4v) is 0.949. The number of carbonyl (C=O) groups is 2. The van der Waals surface area contributed by atoms with Crippen LogP contribution in [0.4, 0.5) is 0 Å². The average molecular weight is 126 g/mol. The molecule has 0 aliphatic heterocycles. The Balaban J connectivity index is 2.59. The summed E-state index contributed by atoms with van der Waals surface area (Å²) < 4.78 is 0. The van der Waals surface area contributed by atoms with Crippen molar-refractivity contribution in [3.63, 3.8) is 0 Å². The normalized spacial score (nSPS) is 21.0. The van der Waals surface area contributed by atoms with E-state index in [4.69, 9.17) is 0 Å². The van der Waals surface area contributed by atoms with Crippen molar-refractivity contribution in [2.24, 2.45) is 5.41 Å². The standard InChI is InChI=1S/C7H10O2/c1-2-6(9)7(5-8)3-4-7/h5H,2-4H2,1H3. The van der Waals surface area contributed by atoms with E-state index in [2.05, 4.69) is 0 Å². The minimum Gasteiger partial charge on any atom is -0.302 e. The molecule has 1 aliphatic carbocycles. The summed E-state index contributed by atoms with van der Waals surface area (Å²) in [7, 11) is 0. The van der Waals surface area contributed by atoms with Crippen LogP contribution >= 0.6 is 0 Å².